The number of hydrogen-bond donors (Lipinski definition) is 0. The molecular weight excluding hydrogens is 376 g/mol. The van der Waals surface area contributed by atoms with Crippen LogP contribution >= 0.6 is 0 Å². The molecule has 6 nitrogen and oxygen atoms in total. The maximum atomic E-state index is 13.4. The molecule has 0 unspecified atom stereocenters. The van der Waals surface area contributed by atoms with E-state index in [-0.39, 0.29) is 18.5 Å². The summed E-state index contributed by atoms with van der Waals surface area (Å²) in [7, 11) is 0. The summed E-state index contributed by atoms with van der Waals surface area (Å²) in [5, 5.41) is 6.29. The maximum Gasteiger partial charge on any atom is 0.263 e. The second kappa shape index (κ2) is 7.30. The van der Waals surface area contributed by atoms with Crippen LogP contribution in [-0.4, -0.2) is 26.2 Å². The number of carbonyl (C=O) groups is 1. The monoisotopic (exact) mass is 398 g/mol. The summed E-state index contributed by atoms with van der Waals surface area (Å²) in [5.41, 5.74) is 4.93. The highest BCUT2D eigenvalue weighted by atomic mass is 16.3. The molecule has 1 aliphatic rings. The quantitative estimate of drug-likeness (QED) is 0.504. The van der Waals surface area contributed by atoms with Crippen LogP contribution in [0.3, 0.4) is 0 Å². The van der Waals surface area contributed by atoms with Crippen LogP contribution in [0, 0.1) is 13.8 Å². The van der Waals surface area contributed by atoms with E-state index in [4.69, 9.17) is 9.52 Å². The lowest BCUT2D eigenvalue weighted by Gasteiger charge is -2.20. The van der Waals surface area contributed by atoms with Gasteiger partial charge in [0.1, 0.15) is 24.2 Å². The fourth-order valence-corrected chi connectivity index (χ4v) is 3.97. The summed E-state index contributed by atoms with van der Waals surface area (Å²) in [4.78, 5) is 17.9. The van der Waals surface area contributed by atoms with Gasteiger partial charge in [-0.2, -0.15) is 5.10 Å². The summed E-state index contributed by atoms with van der Waals surface area (Å²) in [5.74, 6) is 1.45. The zero-order chi connectivity index (χ0) is 20.7. The summed E-state index contributed by atoms with van der Waals surface area (Å²) in [6, 6.07) is 19.6. The number of para-hydroxylation sites is 2. The number of aromatic nitrogens is 2. The zero-order valence-electron chi connectivity index (χ0n) is 16.9. The van der Waals surface area contributed by atoms with Crippen LogP contribution in [0.1, 0.15) is 35.2 Å². The Morgan fingerprint density at radius 2 is 1.87 bits per heavy atom. The molecule has 150 valence electrons. The number of nitrogens with zero attached hydrogens (tertiary/aromatic N) is 4. The smallest absolute Gasteiger partial charge is 0.263 e. The number of rotatable bonds is 4. The van der Waals surface area contributed by atoms with Crippen LogP contribution < -0.4 is 0 Å². The largest absolute Gasteiger partial charge is 0.467 e. The number of carbonyl (C=O) groups excluding carboxylic acids is 1. The number of fused-ring (bicyclic) bond motifs is 1. The van der Waals surface area contributed by atoms with Crippen LogP contribution in [0.5, 0.6) is 0 Å². The van der Waals surface area contributed by atoms with Crippen molar-refractivity contribution < 1.29 is 9.21 Å². The molecule has 3 heterocycles. The number of benzene rings is 2. The number of amides is 1. The highest BCUT2D eigenvalue weighted by Gasteiger charge is 2.35. The van der Waals surface area contributed by atoms with E-state index < -0.39 is 0 Å². The first-order chi connectivity index (χ1) is 14.6. The molecule has 0 saturated carbocycles. The van der Waals surface area contributed by atoms with E-state index in [1.54, 1.807) is 11.3 Å². The zero-order valence-corrected chi connectivity index (χ0v) is 16.9. The van der Waals surface area contributed by atoms with Gasteiger partial charge in [-0.05, 0) is 43.7 Å². The molecule has 0 spiro atoms. The molecule has 2 aromatic heterocycles. The average molecular weight is 398 g/mol. The average Bonchev–Trinajstić information content (AvgIpc) is 3.48. The molecule has 1 atom stereocenters. The molecule has 6 heteroatoms. The molecule has 0 radical (unpaired) electrons. The standard InChI is InChI=1S/C24H22N4O2/c1-16-9-11-18(12-10-16)20-14-22(23-8-5-13-30-23)28(26-20)24(29)15-27-17(2)25-19-6-3-4-7-21(19)27/h3-13,22H,14-15H2,1-2H3/t22-/m1/s1. The number of hydrazone groups is 1. The van der Waals surface area contributed by atoms with Gasteiger partial charge in [0.2, 0.25) is 0 Å². The van der Waals surface area contributed by atoms with Gasteiger partial charge in [0, 0.05) is 6.42 Å². The fraction of sp³-hybridized carbons (Fsp3) is 0.208. The van der Waals surface area contributed by atoms with Gasteiger partial charge in [-0.3, -0.25) is 4.79 Å². The van der Waals surface area contributed by atoms with Crippen molar-refractivity contribution in [2.45, 2.75) is 32.9 Å². The van der Waals surface area contributed by atoms with Gasteiger partial charge < -0.3 is 8.98 Å². The van der Waals surface area contributed by atoms with Crippen molar-refractivity contribution >= 4 is 22.7 Å². The lowest BCUT2D eigenvalue weighted by Crippen LogP contribution is -2.30. The number of furan rings is 1. The highest BCUT2D eigenvalue weighted by molar-refractivity contribution is 6.03. The van der Waals surface area contributed by atoms with Crippen molar-refractivity contribution in [2.75, 3.05) is 0 Å². The second-order valence-electron chi connectivity index (χ2n) is 7.62. The Hall–Kier alpha value is -3.67. The van der Waals surface area contributed by atoms with Crippen molar-refractivity contribution in [2.24, 2.45) is 5.10 Å². The van der Waals surface area contributed by atoms with Gasteiger partial charge in [-0.1, -0.05) is 42.0 Å². The van der Waals surface area contributed by atoms with E-state index in [0.29, 0.717) is 6.42 Å². The van der Waals surface area contributed by atoms with Crippen molar-refractivity contribution in [3.05, 3.63) is 89.6 Å². The molecule has 2 aromatic carbocycles. The Morgan fingerprint density at radius 3 is 2.63 bits per heavy atom. The third-order valence-corrected chi connectivity index (χ3v) is 5.56. The van der Waals surface area contributed by atoms with E-state index in [2.05, 4.69) is 36.2 Å². The molecule has 5 rings (SSSR count). The van der Waals surface area contributed by atoms with Crippen LogP contribution in [-0.2, 0) is 11.3 Å². The molecule has 0 bridgehead atoms. The molecule has 0 fully saturated rings. The van der Waals surface area contributed by atoms with E-state index >= 15 is 0 Å². The SMILES string of the molecule is Cc1ccc(C2=NN(C(=O)Cn3c(C)nc4ccccc43)[C@@H](c3ccco3)C2)cc1. The van der Waals surface area contributed by atoms with Crippen molar-refractivity contribution in [1.82, 2.24) is 14.6 Å². The van der Waals surface area contributed by atoms with Crippen molar-refractivity contribution in [3.8, 4) is 0 Å². The third kappa shape index (κ3) is 3.20. The van der Waals surface area contributed by atoms with Crippen LogP contribution in [0.2, 0.25) is 0 Å². The first-order valence-electron chi connectivity index (χ1n) is 10.0. The number of imidazole rings is 1. The van der Waals surface area contributed by atoms with Crippen LogP contribution in [0.4, 0.5) is 0 Å². The van der Waals surface area contributed by atoms with Gasteiger partial charge in [0.15, 0.2) is 0 Å². The van der Waals surface area contributed by atoms with Crippen LogP contribution in [0.15, 0.2) is 76.4 Å². The number of aryl methyl sites for hydroxylation is 2. The van der Waals surface area contributed by atoms with E-state index in [0.717, 1.165) is 33.9 Å². The first kappa shape index (κ1) is 18.4. The predicted octanol–water partition coefficient (Wildman–Crippen LogP) is 4.62. The minimum Gasteiger partial charge on any atom is -0.467 e. The summed E-state index contributed by atoms with van der Waals surface area (Å²) < 4.78 is 7.58. The second-order valence-corrected chi connectivity index (χ2v) is 7.62. The highest BCUT2D eigenvalue weighted by Crippen LogP contribution is 2.33. The Labute approximate surface area is 174 Å². The Kier molecular flexibility index (Phi) is 4.47. The van der Waals surface area contributed by atoms with E-state index in [1.165, 1.54) is 5.56 Å². The number of hydrogen-bond acceptors (Lipinski definition) is 4. The van der Waals surface area contributed by atoms with Crippen molar-refractivity contribution in [1.29, 1.82) is 0 Å². The van der Waals surface area contributed by atoms with Gasteiger partial charge in [0.25, 0.3) is 5.91 Å². The normalized spacial score (nSPS) is 16.3. The first-order valence-corrected chi connectivity index (χ1v) is 10.0. The maximum absolute atomic E-state index is 13.4. The van der Waals surface area contributed by atoms with Gasteiger partial charge >= 0.3 is 0 Å². The minimum absolute atomic E-state index is 0.0928. The lowest BCUT2D eigenvalue weighted by molar-refractivity contribution is -0.134. The topological polar surface area (TPSA) is 63.6 Å². The van der Waals surface area contributed by atoms with Crippen LogP contribution in [0.25, 0.3) is 11.0 Å². The Morgan fingerprint density at radius 1 is 1.07 bits per heavy atom. The molecule has 0 aliphatic carbocycles. The lowest BCUT2D eigenvalue weighted by atomic mass is 10.0. The fourth-order valence-electron chi connectivity index (χ4n) is 3.97. The molecule has 1 amide bonds. The molecular formula is C24H22N4O2. The van der Waals surface area contributed by atoms with E-state index in [9.17, 15) is 4.79 Å². The Bertz CT molecular complexity index is 1240. The summed E-state index contributed by atoms with van der Waals surface area (Å²) in [6.45, 7) is 4.15. The summed E-state index contributed by atoms with van der Waals surface area (Å²) >= 11 is 0. The predicted molar refractivity (Wildman–Crippen MR) is 115 cm³/mol. The van der Waals surface area contributed by atoms with E-state index in [1.807, 2.05) is 47.9 Å². The minimum atomic E-state index is -0.251. The molecule has 4 aromatic rings. The molecule has 1 aliphatic heterocycles. The summed E-state index contributed by atoms with van der Waals surface area (Å²) in [6.07, 6.45) is 2.25. The molecule has 0 saturated heterocycles. The Balaban J connectivity index is 1.49. The van der Waals surface area contributed by atoms with Crippen molar-refractivity contribution in [3.63, 3.8) is 0 Å². The van der Waals surface area contributed by atoms with Gasteiger partial charge in [-0.15, -0.1) is 0 Å². The molecule has 30 heavy (non-hydrogen) atoms. The van der Waals surface area contributed by atoms with Gasteiger partial charge in [0.05, 0.1) is 23.0 Å². The van der Waals surface area contributed by atoms with Gasteiger partial charge in [-0.25, -0.2) is 9.99 Å². The molecule has 0 N–H and O–H groups in total. The third-order valence-electron chi connectivity index (χ3n) is 5.56.